The Labute approximate surface area is 130 Å². The first-order valence-electron chi connectivity index (χ1n) is 8.38. The van der Waals surface area contributed by atoms with E-state index in [1.54, 1.807) is 0 Å². The molecule has 0 bridgehead atoms. The molecule has 0 aliphatic carbocycles. The Hall–Kier alpha value is -1.06. The van der Waals surface area contributed by atoms with Crippen molar-refractivity contribution in [1.82, 2.24) is 9.80 Å². The summed E-state index contributed by atoms with van der Waals surface area (Å²) in [6, 6.07) is 9.12. The number of nitrogen functional groups attached to an aromatic ring is 1. The van der Waals surface area contributed by atoms with Crippen molar-refractivity contribution in [1.29, 1.82) is 0 Å². The van der Waals surface area contributed by atoms with Gasteiger partial charge in [-0.2, -0.15) is 0 Å². The third-order valence-electron chi connectivity index (χ3n) is 5.05. The monoisotopic (exact) mass is 289 g/mol. The van der Waals surface area contributed by atoms with Gasteiger partial charge in [0.25, 0.3) is 0 Å². The van der Waals surface area contributed by atoms with Gasteiger partial charge in [-0.05, 0) is 76.1 Å². The van der Waals surface area contributed by atoms with E-state index in [-0.39, 0.29) is 0 Å². The van der Waals surface area contributed by atoms with Gasteiger partial charge in [-0.1, -0.05) is 26.0 Å². The van der Waals surface area contributed by atoms with Crippen LogP contribution in [0.4, 0.5) is 5.69 Å². The molecular weight excluding hydrogens is 258 g/mol. The Bertz CT molecular complexity index is 407. The molecule has 3 nitrogen and oxygen atoms in total. The second-order valence-electron chi connectivity index (χ2n) is 6.50. The molecule has 1 aliphatic rings. The number of anilines is 1. The molecule has 2 N–H and O–H groups in total. The number of hydrogen-bond donors (Lipinski definition) is 1. The van der Waals surface area contributed by atoms with Crippen molar-refractivity contribution < 1.29 is 0 Å². The molecule has 0 spiro atoms. The van der Waals surface area contributed by atoms with Crippen LogP contribution in [-0.4, -0.2) is 49.1 Å². The quantitative estimate of drug-likeness (QED) is 0.816. The van der Waals surface area contributed by atoms with Crippen LogP contribution in [0.5, 0.6) is 0 Å². The summed E-state index contributed by atoms with van der Waals surface area (Å²) in [6.07, 6.45) is 3.86. The highest BCUT2D eigenvalue weighted by Crippen LogP contribution is 2.22. The van der Waals surface area contributed by atoms with Crippen molar-refractivity contribution in [3.63, 3.8) is 0 Å². The van der Waals surface area contributed by atoms with Gasteiger partial charge in [-0.25, -0.2) is 0 Å². The van der Waals surface area contributed by atoms with Crippen LogP contribution in [0.25, 0.3) is 0 Å². The zero-order valence-corrected chi connectivity index (χ0v) is 13.9. The summed E-state index contributed by atoms with van der Waals surface area (Å²) in [6.45, 7) is 9.49. The zero-order valence-electron chi connectivity index (χ0n) is 13.9. The van der Waals surface area contributed by atoms with E-state index in [0.717, 1.165) is 11.7 Å². The standard InChI is InChI=1S/C18H31N3/c1-4-21-13-10-18(11-14-21)20(3)12-9-15(2)16-5-7-17(19)8-6-16/h5-8,15,18H,4,9-14,19H2,1-3H3. The van der Waals surface area contributed by atoms with Gasteiger partial charge in [0.15, 0.2) is 0 Å². The average Bonchev–Trinajstić information content (AvgIpc) is 2.53. The van der Waals surface area contributed by atoms with E-state index in [1.165, 1.54) is 51.0 Å². The van der Waals surface area contributed by atoms with E-state index < -0.39 is 0 Å². The maximum Gasteiger partial charge on any atom is 0.0314 e. The molecule has 0 radical (unpaired) electrons. The maximum atomic E-state index is 5.76. The molecule has 1 atom stereocenters. The van der Waals surface area contributed by atoms with Crippen molar-refractivity contribution in [2.24, 2.45) is 0 Å². The van der Waals surface area contributed by atoms with E-state index >= 15 is 0 Å². The number of piperidine rings is 1. The van der Waals surface area contributed by atoms with E-state index in [2.05, 4.69) is 42.8 Å². The Balaban J connectivity index is 1.76. The Kier molecular flexibility index (Phi) is 6.07. The molecule has 3 heteroatoms. The van der Waals surface area contributed by atoms with Gasteiger partial charge in [-0.3, -0.25) is 0 Å². The number of nitrogens with two attached hydrogens (primary N) is 1. The minimum Gasteiger partial charge on any atom is -0.399 e. The minimum atomic E-state index is 0.601. The first kappa shape index (κ1) is 16.3. The Morgan fingerprint density at radius 3 is 2.43 bits per heavy atom. The summed E-state index contributed by atoms with van der Waals surface area (Å²) < 4.78 is 0. The maximum absolute atomic E-state index is 5.76. The lowest BCUT2D eigenvalue weighted by Gasteiger charge is -2.36. The normalized spacial score (nSPS) is 19.0. The fraction of sp³-hybridized carbons (Fsp3) is 0.667. The highest BCUT2D eigenvalue weighted by Gasteiger charge is 2.21. The minimum absolute atomic E-state index is 0.601. The molecule has 1 fully saturated rings. The Morgan fingerprint density at radius 1 is 1.24 bits per heavy atom. The third kappa shape index (κ3) is 4.72. The lowest BCUT2D eigenvalue weighted by molar-refractivity contribution is 0.129. The third-order valence-corrected chi connectivity index (χ3v) is 5.05. The number of nitrogens with zero attached hydrogens (tertiary/aromatic N) is 2. The van der Waals surface area contributed by atoms with Gasteiger partial charge in [0.2, 0.25) is 0 Å². The molecule has 1 aliphatic heterocycles. The van der Waals surface area contributed by atoms with Crippen LogP contribution in [0.3, 0.4) is 0 Å². The van der Waals surface area contributed by atoms with Crippen LogP contribution in [0.2, 0.25) is 0 Å². The summed E-state index contributed by atoms with van der Waals surface area (Å²) >= 11 is 0. The number of hydrogen-bond acceptors (Lipinski definition) is 3. The van der Waals surface area contributed by atoms with Crippen molar-refractivity contribution in [3.05, 3.63) is 29.8 Å². The zero-order chi connectivity index (χ0) is 15.2. The van der Waals surface area contributed by atoms with E-state index in [0.29, 0.717) is 5.92 Å². The topological polar surface area (TPSA) is 32.5 Å². The summed E-state index contributed by atoms with van der Waals surface area (Å²) in [4.78, 5) is 5.13. The van der Waals surface area contributed by atoms with Gasteiger partial charge < -0.3 is 15.5 Å². The summed E-state index contributed by atoms with van der Waals surface area (Å²) in [5, 5.41) is 0. The SMILES string of the molecule is CCN1CCC(N(C)CCC(C)c2ccc(N)cc2)CC1. The second kappa shape index (κ2) is 7.81. The molecule has 1 unspecified atom stereocenters. The number of rotatable bonds is 6. The molecule has 1 aromatic rings. The molecule has 2 rings (SSSR count). The number of benzene rings is 1. The fourth-order valence-corrected chi connectivity index (χ4v) is 3.25. The largest absolute Gasteiger partial charge is 0.399 e. The first-order valence-corrected chi connectivity index (χ1v) is 8.38. The highest BCUT2D eigenvalue weighted by molar-refractivity contribution is 5.40. The van der Waals surface area contributed by atoms with Crippen molar-refractivity contribution >= 4 is 5.69 Å². The molecule has 0 aromatic heterocycles. The van der Waals surface area contributed by atoms with Crippen LogP contribution in [0, 0.1) is 0 Å². The molecule has 21 heavy (non-hydrogen) atoms. The van der Waals surface area contributed by atoms with Gasteiger partial charge in [0.1, 0.15) is 0 Å². The van der Waals surface area contributed by atoms with Crippen LogP contribution < -0.4 is 5.73 Å². The van der Waals surface area contributed by atoms with Crippen LogP contribution in [0.15, 0.2) is 24.3 Å². The Morgan fingerprint density at radius 2 is 1.86 bits per heavy atom. The second-order valence-corrected chi connectivity index (χ2v) is 6.50. The average molecular weight is 289 g/mol. The predicted molar refractivity (Wildman–Crippen MR) is 91.7 cm³/mol. The molecule has 1 saturated heterocycles. The molecule has 1 heterocycles. The molecular formula is C18H31N3. The van der Waals surface area contributed by atoms with E-state index in [1.807, 2.05) is 12.1 Å². The lowest BCUT2D eigenvalue weighted by Crippen LogP contribution is -2.43. The van der Waals surface area contributed by atoms with Crippen molar-refractivity contribution in [3.8, 4) is 0 Å². The number of likely N-dealkylation sites (tertiary alicyclic amines) is 1. The summed E-state index contributed by atoms with van der Waals surface area (Å²) in [5.74, 6) is 0.601. The molecule has 1 aromatic carbocycles. The van der Waals surface area contributed by atoms with E-state index in [9.17, 15) is 0 Å². The predicted octanol–water partition coefficient (Wildman–Crippen LogP) is 3.18. The fourth-order valence-electron chi connectivity index (χ4n) is 3.25. The van der Waals surface area contributed by atoms with E-state index in [4.69, 9.17) is 5.73 Å². The van der Waals surface area contributed by atoms with Crippen LogP contribution in [-0.2, 0) is 0 Å². The van der Waals surface area contributed by atoms with Gasteiger partial charge >= 0.3 is 0 Å². The van der Waals surface area contributed by atoms with Crippen molar-refractivity contribution in [2.75, 3.05) is 39.0 Å². The van der Waals surface area contributed by atoms with Gasteiger partial charge in [0.05, 0.1) is 0 Å². The highest BCUT2D eigenvalue weighted by atomic mass is 15.2. The summed E-state index contributed by atoms with van der Waals surface area (Å²) in [5.41, 5.74) is 8.01. The smallest absolute Gasteiger partial charge is 0.0314 e. The van der Waals surface area contributed by atoms with Gasteiger partial charge in [-0.15, -0.1) is 0 Å². The molecule has 0 amide bonds. The van der Waals surface area contributed by atoms with Crippen molar-refractivity contribution in [2.45, 2.75) is 45.1 Å². The molecule has 0 saturated carbocycles. The summed E-state index contributed by atoms with van der Waals surface area (Å²) in [7, 11) is 2.29. The van der Waals surface area contributed by atoms with Gasteiger partial charge in [0, 0.05) is 11.7 Å². The lowest BCUT2D eigenvalue weighted by atomic mass is 9.96. The van der Waals surface area contributed by atoms with Crippen LogP contribution >= 0.6 is 0 Å². The molecule has 118 valence electrons. The first-order chi connectivity index (χ1) is 10.1. The van der Waals surface area contributed by atoms with Crippen LogP contribution in [0.1, 0.15) is 44.6 Å².